The van der Waals surface area contributed by atoms with Gasteiger partial charge in [-0.05, 0) is 37.2 Å². The van der Waals surface area contributed by atoms with Crippen LogP contribution in [0.1, 0.15) is 59.4 Å². The summed E-state index contributed by atoms with van der Waals surface area (Å²) in [5.41, 5.74) is 1.98. The minimum absolute atomic E-state index is 0.196. The summed E-state index contributed by atoms with van der Waals surface area (Å²) in [6.07, 6.45) is 1.18. The first kappa shape index (κ1) is 15.2. The van der Waals surface area contributed by atoms with Gasteiger partial charge in [-0.15, -0.1) is 0 Å². The van der Waals surface area contributed by atoms with Gasteiger partial charge in [-0.2, -0.15) is 0 Å². The average molecular weight is 247 g/mol. The maximum Gasteiger partial charge on any atom is 0.0130 e. The molecule has 1 rings (SSSR count). The monoisotopic (exact) mass is 247 g/mol. The SMILES string of the molecule is C[C@@H](CNC(C)(C)CC(C)(C)C)c1ccccc1. The van der Waals surface area contributed by atoms with Gasteiger partial charge < -0.3 is 5.32 Å². The summed E-state index contributed by atoms with van der Waals surface area (Å²) in [7, 11) is 0. The molecule has 1 aromatic rings. The molecule has 0 saturated heterocycles. The summed E-state index contributed by atoms with van der Waals surface area (Å²) in [5, 5.41) is 3.71. The molecule has 1 heteroatoms. The van der Waals surface area contributed by atoms with Gasteiger partial charge in [0, 0.05) is 12.1 Å². The minimum atomic E-state index is 0.196. The average Bonchev–Trinajstić information content (AvgIpc) is 2.24. The molecule has 0 spiro atoms. The van der Waals surface area contributed by atoms with E-state index in [1.165, 1.54) is 12.0 Å². The van der Waals surface area contributed by atoms with E-state index in [2.05, 4.69) is 77.2 Å². The number of rotatable bonds is 5. The van der Waals surface area contributed by atoms with Crippen LogP contribution in [-0.4, -0.2) is 12.1 Å². The van der Waals surface area contributed by atoms with Crippen LogP contribution < -0.4 is 5.32 Å². The summed E-state index contributed by atoms with van der Waals surface area (Å²) >= 11 is 0. The van der Waals surface area contributed by atoms with Gasteiger partial charge >= 0.3 is 0 Å². The smallest absolute Gasteiger partial charge is 0.0130 e. The van der Waals surface area contributed by atoms with Gasteiger partial charge in [-0.1, -0.05) is 58.0 Å². The highest BCUT2D eigenvalue weighted by molar-refractivity contribution is 5.19. The van der Waals surface area contributed by atoms with Crippen LogP contribution in [0, 0.1) is 5.41 Å². The first-order chi connectivity index (χ1) is 8.20. The third-order valence-electron chi connectivity index (χ3n) is 3.23. The van der Waals surface area contributed by atoms with Crippen molar-refractivity contribution < 1.29 is 0 Å². The summed E-state index contributed by atoms with van der Waals surface area (Å²) < 4.78 is 0. The van der Waals surface area contributed by atoms with E-state index in [4.69, 9.17) is 0 Å². The van der Waals surface area contributed by atoms with Crippen molar-refractivity contribution in [3.63, 3.8) is 0 Å². The Bertz CT molecular complexity index is 346. The molecule has 0 saturated carbocycles. The highest BCUT2D eigenvalue weighted by atomic mass is 15.0. The van der Waals surface area contributed by atoms with Crippen molar-refractivity contribution in [3.05, 3.63) is 35.9 Å². The Labute approximate surface area is 113 Å². The molecule has 0 heterocycles. The standard InChI is InChI=1S/C17H29N/c1-14(15-10-8-7-9-11-15)12-18-17(5,6)13-16(2,3)4/h7-11,14,18H,12-13H2,1-6H3/t14-/m0/s1. The Balaban J connectivity index is 2.50. The van der Waals surface area contributed by atoms with Gasteiger partial charge in [0.2, 0.25) is 0 Å². The molecule has 0 radical (unpaired) electrons. The molecule has 0 unspecified atom stereocenters. The van der Waals surface area contributed by atoms with E-state index in [1.807, 2.05) is 0 Å². The van der Waals surface area contributed by atoms with Crippen LogP contribution in [0.4, 0.5) is 0 Å². The van der Waals surface area contributed by atoms with Gasteiger partial charge in [-0.25, -0.2) is 0 Å². The van der Waals surface area contributed by atoms with Gasteiger partial charge in [-0.3, -0.25) is 0 Å². The molecule has 102 valence electrons. The molecule has 1 aromatic carbocycles. The Hall–Kier alpha value is -0.820. The quantitative estimate of drug-likeness (QED) is 0.802. The van der Waals surface area contributed by atoms with Crippen LogP contribution >= 0.6 is 0 Å². The second-order valence-corrected chi connectivity index (χ2v) is 7.31. The Morgan fingerprint density at radius 2 is 1.56 bits per heavy atom. The highest BCUT2D eigenvalue weighted by Crippen LogP contribution is 2.27. The van der Waals surface area contributed by atoms with E-state index in [0.717, 1.165) is 6.54 Å². The van der Waals surface area contributed by atoms with Crippen molar-refractivity contribution in [1.29, 1.82) is 0 Å². The van der Waals surface area contributed by atoms with Crippen LogP contribution in [-0.2, 0) is 0 Å². The highest BCUT2D eigenvalue weighted by Gasteiger charge is 2.25. The van der Waals surface area contributed by atoms with Crippen LogP contribution in [0.3, 0.4) is 0 Å². The molecular formula is C17H29N. The second-order valence-electron chi connectivity index (χ2n) is 7.31. The molecule has 1 N–H and O–H groups in total. The lowest BCUT2D eigenvalue weighted by atomic mass is 9.81. The zero-order chi connectivity index (χ0) is 13.8. The summed E-state index contributed by atoms with van der Waals surface area (Å²) in [5.74, 6) is 0.561. The molecule has 0 aliphatic heterocycles. The molecule has 0 aliphatic rings. The summed E-state index contributed by atoms with van der Waals surface area (Å²) in [6.45, 7) is 14.8. The largest absolute Gasteiger partial charge is 0.311 e. The maximum atomic E-state index is 3.71. The second kappa shape index (κ2) is 5.88. The van der Waals surface area contributed by atoms with Gasteiger partial charge in [0.1, 0.15) is 0 Å². The van der Waals surface area contributed by atoms with Gasteiger partial charge in [0.25, 0.3) is 0 Å². The Kier molecular flexibility index (Phi) is 4.98. The van der Waals surface area contributed by atoms with Crippen LogP contribution in [0.25, 0.3) is 0 Å². The summed E-state index contributed by atoms with van der Waals surface area (Å²) in [6, 6.07) is 10.7. The predicted octanol–water partition coefficient (Wildman–Crippen LogP) is 4.59. The van der Waals surface area contributed by atoms with E-state index in [9.17, 15) is 0 Å². The topological polar surface area (TPSA) is 12.0 Å². The third kappa shape index (κ3) is 5.68. The molecule has 0 aromatic heterocycles. The predicted molar refractivity (Wildman–Crippen MR) is 81.0 cm³/mol. The van der Waals surface area contributed by atoms with Crippen molar-refractivity contribution >= 4 is 0 Å². The zero-order valence-corrected chi connectivity index (χ0v) is 12.9. The number of hydrogen-bond donors (Lipinski definition) is 1. The fourth-order valence-electron chi connectivity index (χ4n) is 2.72. The zero-order valence-electron chi connectivity index (χ0n) is 12.9. The van der Waals surface area contributed by atoms with Gasteiger partial charge in [0.05, 0.1) is 0 Å². The van der Waals surface area contributed by atoms with Crippen LogP contribution in [0.5, 0.6) is 0 Å². The molecule has 18 heavy (non-hydrogen) atoms. The van der Waals surface area contributed by atoms with E-state index < -0.39 is 0 Å². The molecule has 1 nitrogen and oxygen atoms in total. The van der Waals surface area contributed by atoms with Crippen molar-refractivity contribution in [1.82, 2.24) is 5.32 Å². The van der Waals surface area contributed by atoms with Crippen LogP contribution in [0.2, 0.25) is 0 Å². The lowest BCUT2D eigenvalue weighted by Crippen LogP contribution is -2.43. The Morgan fingerprint density at radius 1 is 1.00 bits per heavy atom. The van der Waals surface area contributed by atoms with E-state index in [-0.39, 0.29) is 5.54 Å². The van der Waals surface area contributed by atoms with E-state index in [0.29, 0.717) is 11.3 Å². The Morgan fingerprint density at radius 3 is 2.06 bits per heavy atom. The first-order valence-corrected chi connectivity index (χ1v) is 7.00. The molecule has 0 bridgehead atoms. The molecule has 0 amide bonds. The van der Waals surface area contributed by atoms with Crippen molar-refractivity contribution in [2.45, 2.75) is 59.4 Å². The molecule has 0 aliphatic carbocycles. The normalized spacial score (nSPS) is 14.6. The lowest BCUT2D eigenvalue weighted by Gasteiger charge is -2.34. The van der Waals surface area contributed by atoms with E-state index >= 15 is 0 Å². The lowest BCUT2D eigenvalue weighted by molar-refractivity contribution is 0.240. The fourth-order valence-corrected chi connectivity index (χ4v) is 2.72. The summed E-state index contributed by atoms with van der Waals surface area (Å²) in [4.78, 5) is 0. The molecule has 0 fully saturated rings. The third-order valence-corrected chi connectivity index (χ3v) is 3.23. The molecule has 1 atom stereocenters. The van der Waals surface area contributed by atoms with Gasteiger partial charge in [0.15, 0.2) is 0 Å². The molecular weight excluding hydrogens is 218 g/mol. The van der Waals surface area contributed by atoms with Crippen molar-refractivity contribution in [2.75, 3.05) is 6.54 Å². The van der Waals surface area contributed by atoms with E-state index in [1.54, 1.807) is 0 Å². The number of benzene rings is 1. The number of hydrogen-bond acceptors (Lipinski definition) is 1. The minimum Gasteiger partial charge on any atom is -0.311 e. The van der Waals surface area contributed by atoms with Crippen LogP contribution in [0.15, 0.2) is 30.3 Å². The maximum absolute atomic E-state index is 3.71. The fraction of sp³-hybridized carbons (Fsp3) is 0.647. The van der Waals surface area contributed by atoms with Crippen molar-refractivity contribution in [2.24, 2.45) is 5.41 Å². The number of nitrogens with one attached hydrogen (secondary N) is 1. The first-order valence-electron chi connectivity index (χ1n) is 7.00. The van der Waals surface area contributed by atoms with Crippen molar-refractivity contribution in [3.8, 4) is 0 Å².